The minimum atomic E-state index is -1.26. The number of rotatable bonds is 4. The smallest absolute Gasteiger partial charge is 0.337 e. The van der Waals surface area contributed by atoms with Gasteiger partial charge in [0.25, 0.3) is 0 Å². The summed E-state index contributed by atoms with van der Waals surface area (Å²) in [6.45, 7) is 1.93. The molecule has 1 aromatic heterocycles. The van der Waals surface area contributed by atoms with Crippen molar-refractivity contribution in [1.82, 2.24) is 4.98 Å². The maximum atomic E-state index is 11.4. The van der Waals surface area contributed by atoms with E-state index in [1.807, 2.05) is 25.1 Å². The number of aromatic nitrogens is 1. The molecule has 7 nitrogen and oxygen atoms in total. The summed E-state index contributed by atoms with van der Waals surface area (Å²) >= 11 is 4.47. The fourth-order valence-electron chi connectivity index (χ4n) is 2.47. The Kier molecular flexibility index (Phi) is 3.84. The first kappa shape index (κ1) is 16.1. The van der Waals surface area contributed by atoms with E-state index in [0.717, 1.165) is 17.8 Å². The predicted molar refractivity (Wildman–Crippen MR) is 87.1 cm³/mol. The summed E-state index contributed by atoms with van der Waals surface area (Å²) in [5.41, 5.74) is 0.824. The fourth-order valence-corrected chi connectivity index (χ4v) is 2.83. The standard InChI is InChI=1S/C16H13N3O4S/c1-8-2-3-11-12(4-8)19-16(24,18-11)6-13-10(15(22)23)5-9(7-17-13)14(20)21/h2-5,7,24H,6H2,1H3,(H,20,21)(H,22,23). The quantitative estimate of drug-likeness (QED) is 0.713. The van der Waals surface area contributed by atoms with Crippen LogP contribution in [-0.4, -0.2) is 32.1 Å². The summed E-state index contributed by atoms with van der Waals surface area (Å²) in [4.78, 5) is 34.1. The lowest BCUT2D eigenvalue weighted by Crippen LogP contribution is -2.21. The molecule has 0 saturated heterocycles. The highest BCUT2D eigenvalue weighted by Gasteiger charge is 2.30. The molecular weight excluding hydrogens is 330 g/mol. The molecule has 0 bridgehead atoms. The molecule has 1 aliphatic rings. The molecular formula is C16H13N3O4S. The topological polar surface area (TPSA) is 112 Å². The van der Waals surface area contributed by atoms with Gasteiger partial charge in [0.05, 0.1) is 27.5 Å². The average molecular weight is 343 g/mol. The second-order valence-electron chi connectivity index (χ2n) is 5.50. The number of nitrogens with zero attached hydrogens (tertiary/aromatic N) is 3. The zero-order valence-electron chi connectivity index (χ0n) is 12.6. The molecule has 0 amide bonds. The first-order valence-corrected chi connectivity index (χ1v) is 7.46. The Bertz CT molecular complexity index is 989. The van der Waals surface area contributed by atoms with Gasteiger partial charge < -0.3 is 10.2 Å². The predicted octanol–water partition coefficient (Wildman–Crippen LogP) is 0.866. The molecule has 0 saturated carbocycles. The molecule has 1 unspecified atom stereocenters. The normalized spacial score (nSPS) is 18.4. The Morgan fingerprint density at radius 3 is 2.50 bits per heavy atom. The second kappa shape index (κ2) is 5.72. The van der Waals surface area contributed by atoms with Crippen LogP contribution in [-0.2, 0) is 6.42 Å². The van der Waals surface area contributed by atoms with E-state index in [9.17, 15) is 14.7 Å². The summed E-state index contributed by atoms with van der Waals surface area (Å²) in [6.07, 6.45) is 1.15. The van der Waals surface area contributed by atoms with Gasteiger partial charge in [-0.15, -0.1) is 12.6 Å². The Hall–Kier alpha value is -2.74. The summed E-state index contributed by atoms with van der Waals surface area (Å²) in [5, 5.41) is 19.7. The maximum absolute atomic E-state index is 11.4. The number of benzene rings is 1. The van der Waals surface area contributed by atoms with Crippen molar-refractivity contribution in [2.75, 3.05) is 0 Å². The van der Waals surface area contributed by atoms with E-state index in [0.29, 0.717) is 10.7 Å². The minimum Gasteiger partial charge on any atom is -0.478 e. The molecule has 0 spiro atoms. The Morgan fingerprint density at radius 1 is 1.12 bits per heavy atom. The van der Waals surface area contributed by atoms with Gasteiger partial charge in [-0.25, -0.2) is 19.6 Å². The fraction of sp³-hybridized carbons (Fsp3) is 0.188. The lowest BCUT2D eigenvalue weighted by molar-refractivity contribution is 0.0695. The van der Waals surface area contributed by atoms with Gasteiger partial charge in [0, 0.05) is 12.6 Å². The lowest BCUT2D eigenvalue weighted by Gasteiger charge is -2.17. The number of hydrogen-bond acceptors (Lipinski definition) is 6. The van der Waals surface area contributed by atoms with Crippen molar-refractivity contribution in [3.8, 4) is 0 Å². The van der Waals surface area contributed by atoms with Crippen LogP contribution in [0.15, 0.2) is 40.4 Å². The number of hydrogen-bond donors (Lipinski definition) is 3. The van der Waals surface area contributed by atoms with Gasteiger partial charge in [-0.2, -0.15) is 0 Å². The molecule has 24 heavy (non-hydrogen) atoms. The minimum absolute atomic E-state index is 0.0331. The van der Waals surface area contributed by atoms with Gasteiger partial charge in [0.2, 0.25) is 4.99 Å². The number of carboxylic acids is 2. The van der Waals surface area contributed by atoms with Crippen molar-refractivity contribution >= 4 is 24.6 Å². The average Bonchev–Trinajstić information content (AvgIpc) is 2.82. The van der Waals surface area contributed by atoms with Crippen molar-refractivity contribution in [1.29, 1.82) is 0 Å². The second-order valence-corrected chi connectivity index (χ2v) is 6.21. The molecule has 0 fully saturated rings. The van der Waals surface area contributed by atoms with Crippen LogP contribution in [0, 0.1) is 6.92 Å². The van der Waals surface area contributed by atoms with Gasteiger partial charge in [-0.3, -0.25) is 4.98 Å². The van der Waals surface area contributed by atoms with Crippen molar-refractivity contribution in [3.05, 3.63) is 63.6 Å². The van der Waals surface area contributed by atoms with E-state index in [-0.39, 0.29) is 23.2 Å². The third-order valence-electron chi connectivity index (χ3n) is 3.58. The summed E-state index contributed by atoms with van der Waals surface area (Å²) in [5.74, 6) is -2.50. The van der Waals surface area contributed by atoms with E-state index in [1.54, 1.807) is 0 Å². The lowest BCUT2D eigenvalue weighted by atomic mass is 10.1. The molecule has 122 valence electrons. The number of pyridine rings is 1. The molecule has 1 atom stereocenters. The van der Waals surface area contributed by atoms with Crippen LogP contribution in [0.2, 0.25) is 0 Å². The van der Waals surface area contributed by atoms with Crippen molar-refractivity contribution < 1.29 is 19.8 Å². The molecule has 2 N–H and O–H groups in total. The van der Waals surface area contributed by atoms with Gasteiger partial charge in [0.1, 0.15) is 0 Å². The molecule has 2 aromatic rings. The summed E-state index contributed by atoms with van der Waals surface area (Å²) < 4.78 is 0. The Morgan fingerprint density at radius 2 is 1.83 bits per heavy atom. The first-order valence-electron chi connectivity index (χ1n) is 7.02. The highest BCUT2D eigenvalue weighted by Crippen LogP contribution is 2.26. The van der Waals surface area contributed by atoms with Crippen LogP contribution in [0.4, 0.5) is 0 Å². The summed E-state index contributed by atoms with van der Waals surface area (Å²) in [7, 11) is 0. The van der Waals surface area contributed by atoms with E-state index < -0.39 is 16.9 Å². The molecule has 0 aliphatic carbocycles. The number of thiol groups is 1. The van der Waals surface area contributed by atoms with Crippen LogP contribution in [0.5, 0.6) is 0 Å². The molecule has 2 heterocycles. The summed E-state index contributed by atoms with van der Waals surface area (Å²) in [6, 6.07) is 6.68. The van der Waals surface area contributed by atoms with Gasteiger partial charge in [-0.1, -0.05) is 6.07 Å². The van der Waals surface area contributed by atoms with Crippen LogP contribution >= 0.6 is 12.6 Å². The van der Waals surface area contributed by atoms with Crippen LogP contribution in [0.3, 0.4) is 0 Å². The van der Waals surface area contributed by atoms with E-state index in [1.165, 1.54) is 0 Å². The van der Waals surface area contributed by atoms with Gasteiger partial charge in [-0.05, 0) is 30.7 Å². The molecule has 1 aromatic carbocycles. The van der Waals surface area contributed by atoms with Crippen molar-refractivity contribution in [3.63, 3.8) is 0 Å². The SMILES string of the molecule is Cc1ccc2c(c1)=NC(S)(Cc1ncc(C(=O)O)cc1C(=O)O)N=2. The monoisotopic (exact) mass is 343 g/mol. The van der Waals surface area contributed by atoms with E-state index in [2.05, 4.69) is 27.6 Å². The molecule has 3 rings (SSSR count). The van der Waals surface area contributed by atoms with E-state index in [4.69, 9.17) is 5.11 Å². The number of fused-ring (bicyclic) bond motifs is 1. The highest BCUT2D eigenvalue weighted by atomic mass is 32.1. The molecule has 1 aliphatic heterocycles. The highest BCUT2D eigenvalue weighted by molar-refractivity contribution is 7.81. The van der Waals surface area contributed by atoms with Crippen LogP contribution in [0.1, 0.15) is 32.0 Å². The Balaban J connectivity index is 2.03. The number of aromatic carboxylic acids is 2. The van der Waals surface area contributed by atoms with Gasteiger partial charge >= 0.3 is 11.9 Å². The number of carbonyl (C=O) groups is 2. The molecule has 0 radical (unpaired) electrons. The largest absolute Gasteiger partial charge is 0.478 e. The van der Waals surface area contributed by atoms with Crippen LogP contribution in [0.25, 0.3) is 0 Å². The molecule has 8 heteroatoms. The maximum Gasteiger partial charge on any atom is 0.337 e. The van der Waals surface area contributed by atoms with E-state index >= 15 is 0 Å². The zero-order valence-corrected chi connectivity index (χ0v) is 13.5. The van der Waals surface area contributed by atoms with Gasteiger partial charge in [0.15, 0.2) is 0 Å². The number of aryl methyl sites for hydroxylation is 1. The third-order valence-corrected chi connectivity index (χ3v) is 3.94. The van der Waals surface area contributed by atoms with Crippen molar-refractivity contribution in [2.24, 2.45) is 9.98 Å². The third kappa shape index (κ3) is 3.00. The first-order chi connectivity index (χ1) is 11.3. The number of carboxylic acid groups (broad SMARTS) is 2. The zero-order chi connectivity index (χ0) is 17.5. The Labute approximate surface area is 141 Å². The van der Waals surface area contributed by atoms with Crippen LogP contribution < -0.4 is 10.7 Å². The van der Waals surface area contributed by atoms with Crippen molar-refractivity contribution in [2.45, 2.75) is 18.3 Å².